The van der Waals surface area contributed by atoms with E-state index in [-0.39, 0.29) is 6.04 Å². The van der Waals surface area contributed by atoms with Gasteiger partial charge in [-0.2, -0.15) is 0 Å². The smallest absolute Gasteiger partial charge is 0.119 e. The van der Waals surface area contributed by atoms with Crippen molar-refractivity contribution in [3.63, 3.8) is 0 Å². The Labute approximate surface area is 103 Å². The summed E-state index contributed by atoms with van der Waals surface area (Å²) in [4.78, 5) is 0. The molecular formula is C14H22N2O. The van der Waals surface area contributed by atoms with E-state index in [1.54, 1.807) is 7.11 Å². The van der Waals surface area contributed by atoms with Gasteiger partial charge in [-0.25, -0.2) is 0 Å². The summed E-state index contributed by atoms with van der Waals surface area (Å²) in [6.45, 7) is 0. The van der Waals surface area contributed by atoms with Gasteiger partial charge in [-0.15, -0.1) is 0 Å². The molecule has 3 nitrogen and oxygen atoms in total. The SMILES string of the molecule is COc1cccc(C(N)C2CCC(N)CC2)c1. The molecule has 94 valence electrons. The van der Waals surface area contributed by atoms with Gasteiger partial charge in [0.1, 0.15) is 5.75 Å². The van der Waals surface area contributed by atoms with Crippen LogP contribution in [0.2, 0.25) is 0 Å². The zero-order valence-electron chi connectivity index (χ0n) is 10.4. The van der Waals surface area contributed by atoms with Crippen molar-refractivity contribution in [2.24, 2.45) is 17.4 Å². The lowest BCUT2D eigenvalue weighted by Crippen LogP contribution is -2.31. The summed E-state index contributed by atoms with van der Waals surface area (Å²) in [7, 11) is 1.68. The first-order valence-electron chi connectivity index (χ1n) is 6.36. The minimum Gasteiger partial charge on any atom is -0.497 e. The molecule has 4 N–H and O–H groups in total. The Hall–Kier alpha value is -1.06. The van der Waals surface area contributed by atoms with E-state index in [2.05, 4.69) is 6.07 Å². The van der Waals surface area contributed by atoms with E-state index in [0.29, 0.717) is 12.0 Å². The first kappa shape index (κ1) is 12.4. The fourth-order valence-electron chi connectivity index (χ4n) is 2.63. The van der Waals surface area contributed by atoms with E-state index >= 15 is 0 Å². The zero-order valence-corrected chi connectivity index (χ0v) is 10.4. The maximum atomic E-state index is 6.34. The van der Waals surface area contributed by atoms with Crippen molar-refractivity contribution < 1.29 is 4.74 Å². The number of nitrogens with two attached hydrogens (primary N) is 2. The number of hydrogen-bond donors (Lipinski definition) is 2. The molecule has 1 saturated carbocycles. The van der Waals surface area contributed by atoms with E-state index in [1.807, 2.05) is 18.2 Å². The van der Waals surface area contributed by atoms with Gasteiger partial charge in [-0.1, -0.05) is 12.1 Å². The van der Waals surface area contributed by atoms with Crippen molar-refractivity contribution in [2.45, 2.75) is 37.8 Å². The summed E-state index contributed by atoms with van der Waals surface area (Å²) in [6.07, 6.45) is 4.48. The third-order valence-corrected chi connectivity index (χ3v) is 3.80. The first-order valence-corrected chi connectivity index (χ1v) is 6.36. The number of benzene rings is 1. The number of rotatable bonds is 3. The van der Waals surface area contributed by atoms with Crippen molar-refractivity contribution in [3.05, 3.63) is 29.8 Å². The van der Waals surface area contributed by atoms with Gasteiger partial charge in [0, 0.05) is 12.1 Å². The molecular weight excluding hydrogens is 212 g/mol. The van der Waals surface area contributed by atoms with Crippen LogP contribution in [0.4, 0.5) is 0 Å². The average Bonchev–Trinajstić information content (AvgIpc) is 2.39. The van der Waals surface area contributed by atoms with Gasteiger partial charge in [0.05, 0.1) is 7.11 Å². The van der Waals surface area contributed by atoms with Crippen molar-refractivity contribution in [1.29, 1.82) is 0 Å². The Kier molecular flexibility index (Phi) is 4.02. The molecule has 0 aromatic heterocycles. The predicted molar refractivity (Wildman–Crippen MR) is 69.9 cm³/mol. The highest BCUT2D eigenvalue weighted by molar-refractivity contribution is 5.30. The molecule has 1 unspecified atom stereocenters. The molecule has 1 fully saturated rings. The molecule has 1 aromatic carbocycles. The monoisotopic (exact) mass is 234 g/mol. The van der Waals surface area contributed by atoms with E-state index in [0.717, 1.165) is 31.4 Å². The van der Waals surface area contributed by atoms with Crippen LogP contribution in [0.3, 0.4) is 0 Å². The Bertz CT molecular complexity index is 359. The van der Waals surface area contributed by atoms with Gasteiger partial charge in [-0.3, -0.25) is 0 Å². The molecule has 0 spiro atoms. The summed E-state index contributed by atoms with van der Waals surface area (Å²) >= 11 is 0. The third kappa shape index (κ3) is 2.99. The topological polar surface area (TPSA) is 61.3 Å². The van der Waals surface area contributed by atoms with Crippen LogP contribution in [-0.2, 0) is 0 Å². The maximum absolute atomic E-state index is 6.34. The second-order valence-corrected chi connectivity index (χ2v) is 4.98. The van der Waals surface area contributed by atoms with Gasteiger partial charge in [0.25, 0.3) is 0 Å². The second-order valence-electron chi connectivity index (χ2n) is 4.98. The van der Waals surface area contributed by atoms with Gasteiger partial charge < -0.3 is 16.2 Å². The Morgan fingerprint density at radius 1 is 1.24 bits per heavy atom. The van der Waals surface area contributed by atoms with Gasteiger partial charge >= 0.3 is 0 Å². The minimum absolute atomic E-state index is 0.109. The van der Waals surface area contributed by atoms with Crippen molar-refractivity contribution in [3.8, 4) is 5.75 Å². The van der Waals surface area contributed by atoms with Gasteiger partial charge in [0.15, 0.2) is 0 Å². The first-order chi connectivity index (χ1) is 8.20. The lowest BCUT2D eigenvalue weighted by molar-refractivity contribution is 0.284. The molecule has 1 aromatic rings. The quantitative estimate of drug-likeness (QED) is 0.843. The van der Waals surface area contributed by atoms with E-state index < -0.39 is 0 Å². The maximum Gasteiger partial charge on any atom is 0.119 e. The Balaban J connectivity index is 2.05. The molecule has 17 heavy (non-hydrogen) atoms. The zero-order chi connectivity index (χ0) is 12.3. The van der Waals surface area contributed by atoms with Gasteiger partial charge in [0.2, 0.25) is 0 Å². The van der Waals surface area contributed by atoms with Crippen LogP contribution in [0.25, 0.3) is 0 Å². The number of hydrogen-bond acceptors (Lipinski definition) is 3. The fraction of sp³-hybridized carbons (Fsp3) is 0.571. The summed E-state index contributed by atoms with van der Waals surface area (Å²) in [6, 6.07) is 8.57. The highest BCUT2D eigenvalue weighted by Crippen LogP contribution is 2.33. The summed E-state index contributed by atoms with van der Waals surface area (Å²) in [5, 5.41) is 0. The molecule has 3 heteroatoms. The van der Waals surface area contributed by atoms with Crippen LogP contribution in [0.15, 0.2) is 24.3 Å². The van der Waals surface area contributed by atoms with E-state index in [9.17, 15) is 0 Å². The van der Waals surface area contributed by atoms with Crippen LogP contribution < -0.4 is 16.2 Å². The van der Waals surface area contributed by atoms with Crippen LogP contribution in [0.5, 0.6) is 5.75 Å². The van der Waals surface area contributed by atoms with Crippen molar-refractivity contribution in [2.75, 3.05) is 7.11 Å². The highest BCUT2D eigenvalue weighted by atomic mass is 16.5. The Morgan fingerprint density at radius 3 is 2.59 bits per heavy atom. The number of ether oxygens (including phenoxy) is 1. The minimum atomic E-state index is 0.109. The molecule has 0 radical (unpaired) electrons. The standard InChI is InChI=1S/C14H22N2O/c1-17-13-4-2-3-11(9-13)14(16)10-5-7-12(15)8-6-10/h2-4,9-10,12,14H,5-8,15-16H2,1H3. The number of methoxy groups -OCH3 is 1. The molecule has 0 heterocycles. The van der Waals surface area contributed by atoms with Crippen LogP contribution >= 0.6 is 0 Å². The molecule has 1 aliphatic rings. The van der Waals surface area contributed by atoms with Crippen LogP contribution in [0, 0.1) is 5.92 Å². The lowest BCUT2D eigenvalue weighted by Gasteiger charge is -2.30. The second kappa shape index (κ2) is 5.52. The van der Waals surface area contributed by atoms with Gasteiger partial charge in [-0.05, 0) is 49.3 Å². The predicted octanol–water partition coefficient (Wildman–Crippen LogP) is 2.21. The van der Waals surface area contributed by atoms with Crippen LogP contribution in [0.1, 0.15) is 37.3 Å². The van der Waals surface area contributed by atoms with Crippen molar-refractivity contribution in [1.82, 2.24) is 0 Å². The van der Waals surface area contributed by atoms with Crippen LogP contribution in [-0.4, -0.2) is 13.2 Å². The third-order valence-electron chi connectivity index (χ3n) is 3.80. The fourth-order valence-corrected chi connectivity index (χ4v) is 2.63. The summed E-state index contributed by atoms with van der Waals surface area (Å²) in [5.74, 6) is 1.44. The molecule has 0 aliphatic heterocycles. The highest BCUT2D eigenvalue weighted by Gasteiger charge is 2.24. The average molecular weight is 234 g/mol. The van der Waals surface area contributed by atoms with E-state index in [4.69, 9.17) is 16.2 Å². The molecule has 0 amide bonds. The summed E-state index contributed by atoms with van der Waals surface area (Å²) in [5.41, 5.74) is 13.4. The largest absolute Gasteiger partial charge is 0.497 e. The molecule has 2 rings (SSSR count). The molecule has 1 atom stereocenters. The summed E-state index contributed by atoms with van der Waals surface area (Å²) < 4.78 is 5.23. The Morgan fingerprint density at radius 2 is 1.94 bits per heavy atom. The normalized spacial score (nSPS) is 26.5. The molecule has 0 saturated heterocycles. The molecule has 1 aliphatic carbocycles. The van der Waals surface area contributed by atoms with Crippen molar-refractivity contribution >= 4 is 0 Å². The molecule has 0 bridgehead atoms. The lowest BCUT2D eigenvalue weighted by atomic mass is 9.80. The van der Waals surface area contributed by atoms with E-state index in [1.165, 1.54) is 5.56 Å².